The van der Waals surface area contributed by atoms with Crippen LogP contribution >= 0.6 is 0 Å². The molecule has 4 rings (SSSR count). The molecule has 29 heavy (non-hydrogen) atoms. The van der Waals surface area contributed by atoms with Gasteiger partial charge in [0.25, 0.3) is 17.7 Å². The molecule has 3 amide bonds. The van der Waals surface area contributed by atoms with Crippen molar-refractivity contribution >= 4 is 17.7 Å². The molecular formula is C23H20N2O4. The van der Waals surface area contributed by atoms with Crippen molar-refractivity contribution in [3.8, 4) is 0 Å². The molecule has 1 unspecified atom stereocenters. The second-order valence-electron chi connectivity index (χ2n) is 7.05. The smallest absolute Gasteiger partial charge is 0.261 e. The molecule has 0 saturated heterocycles. The zero-order valence-corrected chi connectivity index (χ0v) is 16.2. The number of imide groups is 1. The predicted octanol–water partition coefficient (Wildman–Crippen LogP) is 3.91. The maximum absolute atomic E-state index is 12.8. The van der Waals surface area contributed by atoms with Crippen LogP contribution in [0.4, 0.5) is 0 Å². The van der Waals surface area contributed by atoms with Crippen LogP contribution in [-0.4, -0.2) is 34.6 Å². The van der Waals surface area contributed by atoms with Crippen molar-refractivity contribution in [1.82, 2.24) is 9.80 Å². The Morgan fingerprint density at radius 1 is 0.966 bits per heavy atom. The fourth-order valence-electron chi connectivity index (χ4n) is 3.42. The molecule has 3 aromatic rings. The third-order valence-corrected chi connectivity index (χ3v) is 5.28. The molecule has 6 nitrogen and oxygen atoms in total. The van der Waals surface area contributed by atoms with Crippen molar-refractivity contribution in [3.05, 3.63) is 94.9 Å². The summed E-state index contributed by atoms with van der Waals surface area (Å²) in [5, 5.41) is 0. The minimum absolute atomic E-state index is 0.138. The Hall–Kier alpha value is -3.67. The van der Waals surface area contributed by atoms with Gasteiger partial charge in [-0.25, -0.2) is 0 Å². The maximum Gasteiger partial charge on any atom is 0.261 e. The van der Waals surface area contributed by atoms with E-state index in [0.717, 1.165) is 5.56 Å². The van der Waals surface area contributed by atoms with Crippen molar-refractivity contribution in [1.29, 1.82) is 0 Å². The van der Waals surface area contributed by atoms with Crippen molar-refractivity contribution in [2.24, 2.45) is 0 Å². The number of hydrogen-bond acceptors (Lipinski definition) is 4. The average molecular weight is 388 g/mol. The lowest BCUT2D eigenvalue weighted by Crippen LogP contribution is -2.30. The van der Waals surface area contributed by atoms with Crippen LogP contribution in [0.5, 0.6) is 0 Å². The van der Waals surface area contributed by atoms with Crippen LogP contribution in [-0.2, 0) is 6.54 Å². The Balaban J connectivity index is 1.47. The zero-order chi connectivity index (χ0) is 20.5. The molecular weight excluding hydrogens is 368 g/mol. The molecule has 2 aromatic carbocycles. The van der Waals surface area contributed by atoms with Gasteiger partial charge in [-0.2, -0.15) is 0 Å². The molecule has 0 fully saturated rings. The number of rotatable bonds is 5. The Kier molecular flexibility index (Phi) is 4.76. The van der Waals surface area contributed by atoms with Gasteiger partial charge in [-0.15, -0.1) is 0 Å². The summed E-state index contributed by atoms with van der Waals surface area (Å²) in [6.45, 7) is 2.06. The van der Waals surface area contributed by atoms with Crippen molar-refractivity contribution in [2.45, 2.75) is 19.5 Å². The Morgan fingerprint density at radius 3 is 2.14 bits per heavy atom. The van der Waals surface area contributed by atoms with Crippen LogP contribution in [0.1, 0.15) is 55.4 Å². The van der Waals surface area contributed by atoms with E-state index in [4.69, 9.17) is 4.42 Å². The van der Waals surface area contributed by atoms with E-state index in [1.165, 1.54) is 4.90 Å². The first-order valence-corrected chi connectivity index (χ1v) is 9.32. The first-order valence-electron chi connectivity index (χ1n) is 9.32. The molecule has 0 bridgehead atoms. The molecule has 1 atom stereocenters. The lowest BCUT2D eigenvalue weighted by molar-refractivity contribution is 0.0640. The normalized spacial score (nSPS) is 14.1. The molecule has 6 heteroatoms. The van der Waals surface area contributed by atoms with Gasteiger partial charge in [-0.3, -0.25) is 19.3 Å². The summed E-state index contributed by atoms with van der Waals surface area (Å²) in [5.74, 6) is -0.0141. The van der Waals surface area contributed by atoms with Crippen molar-refractivity contribution in [2.75, 3.05) is 7.05 Å². The fraction of sp³-hybridized carbons (Fsp3) is 0.174. The fourth-order valence-corrected chi connectivity index (χ4v) is 3.42. The van der Waals surface area contributed by atoms with E-state index in [1.54, 1.807) is 72.8 Å². The van der Waals surface area contributed by atoms with Crippen molar-refractivity contribution in [3.63, 3.8) is 0 Å². The highest BCUT2D eigenvalue weighted by atomic mass is 16.3. The zero-order valence-electron chi connectivity index (χ0n) is 16.2. The Morgan fingerprint density at radius 2 is 1.59 bits per heavy atom. The number of benzene rings is 2. The van der Waals surface area contributed by atoms with E-state index in [-0.39, 0.29) is 30.3 Å². The number of amides is 3. The first-order chi connectivity index (χ1) is 14.0. The third kappa shape index (κ3) is 3.33. The van der Waals surface area contributed by atoms with Gasteiger partial charge >= 0.3 is 0 Å². The summed E-state index contributed by atoms with van der Waals surface area (Å²) < 4.78 is 5.38. The summed E-state index contributed by atoms with van der Waals surface area (Å²) in [6.07, 6.45) is 1.58. The van der Waals surface area contributed by atoms with Crippen LogP contribution in [0, 0.1) is 0 Å². The standard InChI is InChI=1S/C23H20N2O4/c1-15(20-8-5-13-29-20)24(2)21(26)17-11-9-16(10-12-17)14-25-22(27)18-6-3-4-7-19(18)23(25)28/h3-13,15H,14H2,1-2H3. The highest BCUT2D eigenvalue weighted by Crippen LogP contribution is 2.25. The molecule has 0 aliphatic carbocycles. The van der Waals surface area contributed by atoms with Crippen LogP contribution in [0.3, 0.4) is 0 Å². The van der Waals surface area contributed by atoms with E-state index in [2.05, 4.69) is 0 Å². The van der Waals surface area contributed by atoms with E-state index in [9.17, 15) is 14.4 Å². The SMILES string of the molecule is CC(c1ccco1)N(C)C(=O)c1ccc(CN2C(=O)c3ccccc3C2=O)cc1. The minimum atomic E-state index is -0.294. The van der Waals surface area contributed by atoms with Gasteiger partial charge in [0.15, 0.2) is 0 Å². The number of fused-ring (bicyclic) bond motifs is 1. The maximum atomic E-state index is 12.8. The lowest BCUT2D eigenvalue weighted by Gasteiger charge is -2.23. The number of carbonyl (C=O) groups excluding carboxylic acids is 3. The summed E-state index contributed by atoms with van der Waals surface area (Å²) >= 11 is 0. The van der Waals surface area contributed by atoms with E-state index in [1.807, 2.05) is 13.0 Å². The van der Waals surface area contributed by atoms with Gasteiger partial charge in [0.2, 0.25) is 0 Å². The van der Waals surface area contributed by atoms with Crippen molar-refractivity contribution < 1.29 is 18.8 Å². The predicted molar refractivity (Wildman–Crippen MR) is 106 cm³/mol. The molecule has 146 valence electrons. The van der Waals surface area contributed by atoms with Gasteiger partial charge in [-0.05, 0) is 48.9 Å². The largest absolute Gasteiger partial charge is 0.467 e. The summed E-state index contributed by atoms with van der Waals surface area (Å²) in [5.41, 5.74) is 2.16. The topological polar surface area (TPSA) is 70.8 Å². The molecule has 1 aliphatic heterocycles. The molecule has 0 radical (unpaired) electrons. The summed E-state index contributed by atoms with van der Waals surface area (Å²) in [4.78, 5) is 40.6. The van der Waals surface area contributed by atoms with Gasteiger partial charge < -0.3 is 9.32 Å². The molecule has 0 spiro atoms. The van der Waals surface area contributed by atoms with Gasteiger partial charge in [0, 0.05) is 12.6 Å². The monoisotopic (exact) mass is 388 g/mol. The second kappa shape index (κ2) is 7.39. The highest BCUT2D eigenvalue weighted by Gasteiger charge is 2.34. The first kappa shape index (κ1) is 18.7. The quantitative estimate of drug-likeness (QED) is 0.622. The molecule has 2 heterocycles. The van der Waals surface area contributed by atoms with Gasteiger partial charge in [-0.1, -0.05) is 24.3 Å². The van der Waals surface area contributed by atoms with E-state index in [0.29, 0.717) is 22.5 Å². The number of hydrogen-bond donors (Lipinski definition) is 0. The summed E-state index contributed by atoms with van der Waals surface area (Å²) in [6, 6.07) is 17.2. The second-order valence-corrected chi connectivity index (χ2v) is 7.05. The molecule has 0 saturated carbocycles. The van der Waals surface area contributed by atoms with Gasteiger partial charge in [0.05, 0.1) is 30.0 Å². The van der Waals surface area contributed by atoms with Gasteiger partial charge in [0.1, 0.15) is 5.76 Å². The number of furan rings is 1. The number of carbonyl (C=O) groups is 3. The highest BCUT2D eigenvalue weighted by molar-refractivity contribution is 6.21. The van der Waals surface area contributed by atoms with Crippen LogP contribution in [0.15, 0.2) is 71.3 Å². The van der Waals surface area contributed by atoms with Crippen LogP contribution < -0.4 is 0 Å². The Labute approximate surface area is 168 Å². The molecule has 1 aliphatic rings. The third-order valence-electron chi connectivity index (χ3n) is 5.28. The van der Waals surface area contributed by atoms with Crippen LogP contribution in [0.25, 0.3) is 0 Å². The molecule has 0 N–H and O–H groups in total. The average Bonchev–Trinajstić information content (AvgIpc) is 3.37. The van der Waals surface area contributed by atoms with E-state index < -0.39 is 0 Å². The Bertz CT molecular complexity index is 1040. The summed E-state index contributed by atoms with van der Waals surface area (Å²) in [7, 11) is 1.72. The molecule has 1 aromatic heterocycles. The van der Waals surface area contributed by atoms with E-state index >= 15 is 0 Å². The number of nitrogens with zero attached hydrogens (tertiary/aromatic N) is 2. The minimum Gasteiger partial charge on any atom is -0.467 e. The lowest BCUT2D eigenvalue weighted by atomic mass is 10.1. The van der Waals surface area contributed by atoms with Crippen LogP contribution in [0.2, 0.25) is 0 Å².